The Kier molecular flexibility index (Phi) is 4.33. The van der Waals surface area contributed by atoms with Crippen LogP contribution in [-0.4, -0.2) is 30.1 Å². The molecular formula is C10H17N3O3S2. The number of rotatable bonds is 4. The van der Waals surface area contributed by atoms with Gasteiger partial charge in [-0.25, -0.2) is 13.4 Å². The summed E-state index contributed by atoms with van der Waals surface area (Å²) in [4.78, 5) is 4.03. The first-order valence-corrected chi connectivity index (χ1v) is 7.81. The first-order chi connectivity index (χ1) is 8.13. The van der Waals surface area contributed by atoms with Crippen LogP contribution in [0.25, 0.3) is 0 Å². The van der Waals surface area contributed by atoms with E-state index in [9.17, 15) is 8.42 Å². The van der Waals surface area contributed by atoms with Crippen LogP contribution in [0.4, 0.5) is 5.13 Å². The number of aromatic nitrogens is 1. The Balaban J connectivity index is 2.83. The SMILES string of the molecule is C/C(=N\O)c1csc(NS(=O)(=O)CC(C)(C)C)n1. The molecule has 1 aromatic heterocycles. The highest BCUT2D eigenvalue weighted by molar-refractivity contribution is 7.92. The van der Waals surface area contributed by atoms with Crippen LogP contribution in [0.5, 0.6) is 0 Å². The molecule has 1 aromatic rings. The number of nitrogens with one attached hydrogen (secondary N) is 1. The van der Waals surface area contributed by atoms with Crippen LogP contribution in [0.15, 0.2) is 10.5 Å². The Morgan fingerprint density at radius 1 is 1.56 bits per heavy atom. The highest BCUT2D eigenvalue weighted by atomic mass is 32.2. The topological polar surface area (TPSA) is 91.7 Å². The maximum Gasteiger partial charge on any atom is 0.235 e. The van der Waals surface area contributed by atoms with Gasteiger partial charge in [0, 0.05) is 5.38 Å². The molecule has 0 aliphatic rings. The van der Waals surface area contributed by atoms with Crippen molar-refractivity contribution in [3.05, 3.63) is 11.1 Å². The van der Waals surface area contributed by atoms with E-state index in [4.69, 9.17) is 5.21 Å². The lowest BCUT2D eigenvalue weighted by molar-refractivity contribution is 0.319. The van der Waals surface area contributed by atoms with Crippen LogP contribution >= 0.6 is 11.3 Å². The molecule has 0 aromatic carbocycles. The van der Waals surface area contributed by atoms with E-state index in [1.807, 2.05) is 20.8 Å². The minimum Gasteiger partial charge on any atom is -0.411 e. The van der Waals surface area contributed by atoms with E-state index in [0.717, 1.165) is 11.3 Å². The summed E-state index contributed by atoms with van der Waals surface area (Å²) in [7, 11) is -3.42. The van der Waals surface area contributed by atoms with Gasteiger partial charge < -0.3 is 5.21 Å². The molecule has 0 saturated heterocycles. The number of oxime groups is 1. The van der Waals surface area contributed by atoms with Gasteiger partial charge in [-0.15, -0.1) is 11.3 Å². The minimum atomic E-state index is -3.42. The molecule has 1 heterocycles. The predicted octanol–water partition coefficient (Wildman–Crippen LogP) is 2.13. The molecule has 0 fully saturated rings. The lowest BCUT2D eigenvalue weighted by Crippen LogP contribution is -2.26. The molecule has 0 radical (unpaired) electrons. The van der Waals surface area contributed by atoms with Gasteiger partial charge in [-0.2, -0.15) is 0 Å². The molecule has 102 valence electrons. The van der Waals surface area contributed by atoms with Crippen LogP contribution in [-0.2, 0) is 10.0 Å². The average Bonchev–Trinajstić information content (AvgIpc) is 2.60. The number of hydrogen-bond acceptors (Lipinski definition) is 6. The van der Waals surface area contributed by atoms with Gasteiger partial charge in [0.1, 0.15) is 11.4 Å². The molecule has 0 amide bonds. The zero-order chi connectivity index (χ0) is 14.0. The van der Waals surface area contributed by atoms with Crippen molar-refractivity contribution in [3.8, 4) is 0 Å². The first-order valence-electron chi connectivity index (χ1n) is 5.28. The second-order valence-electron chi connectivity index (χ2n) is 5.15. The van der Waals surface area contributed by atoms with Crippen molar-refractivity contribution in [3.63, 3.8) is 0 Å². The molecule has 1 rings (SSSR count). The smallest absolute Gasteiger partial charge is 0.235 e. The van der Waals surface area contributed by atoms with Crippen molar-refractivity contribution >= 4 is 32.2 Å². The van der Waals surface area contributed by atoms with Crippen molar-refractivity contribution in [2.75, 3.05) is 10.5 Å². The molecule has 0 unspecified atom stereocenters. The molecule has 0 bridgehead atoms. The summed E-state index contributed by atoms with van der Waals surface area (Å²) in [5.74, 6) is 0.0159. The predicted molar refractivity (Wildman–Crippen MR) is 73.0 cm³/mol. The largest absolute Gasteiger partial charge is 0.411 e. The molecule has 0 atom stereocenters. The van der Waals surface area contributed by atoms with Crippen LogP contribution in [0, 0.1) is 5.41 Å². The third kappa shape index (κ3) is 4.61. The van der Waals surface area contributed by atoms with Crippen molar-refractivity contribution < 1.29 is 13.6 Å². The highest BCUT2D eigenvalue weighted by Gasteiger charge is 2.22. The van der Waals surface area contributed by atoms with E-state index < -0.39 is 10.0 Å². The fourth-order valence-corrected chi connectivity index (χ4v) is 3.97. The molecule has 0 aliphatic heterocycles. The van der Waals surface area contributed by atoms with E-state index >= 15 is 0 Å². The number of sulfonamides is 1. The van der Waals surface area contributed by atoms with Gasteiger partial charge in [0.2, 0.25) is 10.0 Å². The summed E-state index contributed by atoms with van der Waals surface area (Å²) in [5.41, 5.74) is 0.470. The zero-order valence-corrected chi connectivity index (χ0v) is 12.4. The minimum absolute atomic E-state index is 0.0159. The highest BCUT2D eigenvalue weighted by Crippen LogP contribution is 2.21. The third-order valence-electron chi connectivity index (χ3n) is 1.89. The number of hydrogen-bond donors (Lipinski definition) is 2. The lowest BCUT2D eigenvalue weighted by Gasteiger charge is -2.17. The van der Waals surface area contributed by atoms with Gasteiger partial charge in [-0.1, -0.05) is 25.9 Å². The molecule has 0 spiro atoms. The van der Waals surface area contributed by atoms with Gasteiger partial charge >= 0.3 is 0 Å². The van der Waals surface area contributed by atoms with Crippen molar-refractivity contribution in [2.45, 2.75) is 27.7 Å². The summed E-state index contributed by atoms with van der Waals surface area (Å²) in [6, 6.07) is 0. The Labute approximate surface area is 111 Å². The van der Waals surface area contributed by atoms with Gasteiger partial charge in [0.15, 0.2) is 5.13 Å². The molecule has 8 heteroatoms. The van der Waals surface area contributed by atoms with E-state index in [1.165, 1.54) is 0 Å². The fraction of sp³-hybridized carbons (Fsp3) is 0.600. The molecule has 6 nitrogen and oxygen atoms in total. The molecule has 0 saturated carbocycles. The van der Waals surface area contributed by atoms with Crippen LogP contribution in [0.3, 0.4) is 0 Å². The summed E-state index contributed by atoms with van der Waals surface area (Å²) >= 11 is 1.15. The van der Waals surface area contributed by atoms with Crippen molar-refractivity contribution in [2.24, 2.45) is 10.6 Å². The van der Waals surface area contributed by atoms with E-state index in [2.05, 4.69) is 14.9 Å². The Bertz CT molecular complexity index is 541. The monoisotopic (exact) mass is 291 g/mol. The normalized spacial score (nSPS) is 13.7. The Morgan fingerprint density at radius 2 is 2.17 bits per heavy atom. The Hall–Kier alpha value is -1.15. The van der Waals surface area contributed by atoms with Crippen molar-refractivity contribution in [1.29, 1.82) is 0 Å². The molecular weight excluding hydrogens is 274 g/mol. The van der Waals surface area contributed by atoms with Crippen LogP contribution in [0.1, 0.15) is 33.4 Å². The number of nitrogens with zero attached hydrogens (tertiary/aromatic N) is 2. The van der Waals surface area contributed by atoms with E-state index in [0.29, 0.717) is 11.4 Å². The maximum absolute atomic E-state index is 11.8. The third-order valence-corrected chi connectivity index (χ3v) is 4.53. The van der Waals surface area contributed by atoms with Gasteiger partial charge in [-0.05, 0) is 12.3 Å². The average molecular weight is 291 g/mol. The van der Waals surface area contributed by atoms with Gasteiger partial charge in [-0.3, -0.25) is 4.72 Å². The first kappa shape index (κ1) is 14.9. The summed E-state index contributed by atoms with van der Waals surface area (Å²) in [5, 5.41) is 13.5. The summed E-state index contributed by atoms with van der Waals surface area (Å²) in [6.45, 7) is 7.13. The number of thiazole rings is 1. The summed E-state index contributed by atoms with van der Waals surface area (Å²) < 4.78 is 26.1. The van der Waals surface area contributed by atoms with Gasteiger partial charge in [0.05, 0.1) is 5.75 Å². The Morgan fingerprint density at radius 3 is 2.67 bits per heavy atom. The quantitative estimate of drug-likeness (QED) is 0.505. The molecule has 2 N–H and O–H groups in total. The molecule has 0 aliphatic carbocycles. The standard InChI is InChI=1S/C10H17N3O3S2/c1-7(12-14)8-5-17-9(11-8)13-18(15,16)6-10(2,3)4/h5,14H,6H2,1-4H3,(H,11,13)/b12-7+. The van der Waals surface area contributed by atoms with E-state index in [1.54, 1.807) is 12.3 Å². The fourth-order valence-electron chi connectivity index (χ4n) is 1.28. The van der Waals surface area contributed by atoms with Crippen LogP contribution in [0.2, 0.25) is 0 Å². The lowest BCUT2D eigenvalue weighted by atomic mass is 10.0. The van der Waals surface area contributed by atoms with E-state index in [-0.39, 0.29) is 16.3 Å². The van der Waals surface area contributed by atoms with Crippen molar-refractivity contribution in [1.82, 2.24) is 4.98 Å². The summed E-state index contributed by atoms with van der Waals surface area (Å²) in [6.07, 6.45) is 0. The number of anilines is 1. The van der Waals surface area contributed by atoms with Crippen LogP contribution < -0.4 is 4.72 Å². The maximum atomic E-state index is 11.8. The molecule has 18 heavy (non-hydrogen) atoms. The zero-order valence-electron chi connectivity index (χ0n) is 10.8. The second kappa shape index (κ2) is 5.23. The second-order valence-corrected chi connectivity index (χ2v) is 7.73. The van der Waals surface area contributed by atoms with Gasteiger partial charge in [0.25, 0.3) is 0 Å².